The van der Waals surface area contributed by atoms with Crippen molar-refractivity contribution in [1.29, 1.82) is 0 Å². The van der Waals surface area contributed by atoms with Gasteiger partial charge in [-0.2, -0.15) is 0 Å². The number of thiazole rings is 1. The summed E-state index contributed by atoms with van der Waals surface area (Å²) >= 11 is 2.78. The van der Waals surface area contributed by atoms with Crippen LogP contribution in [-0.2, 0) is 11.3 Å². The van der Waals surface area contributed by atoms with Gasteiger partial charge in [0.25, 0.3) is 0 Å². The first kappa shape index (κ1) is 12.0. The van der Waals surface area contributed by atoms with Gasteiger partial charge in [-0.1, -0.05) is 0 Å². The van der Waals surface area contributed by atoms with E-state index in [0.717, 1.165) is 5.69 Å². The highest BCUT2D eigenvalue weighted by Crippen LogP contribution is 2.28. The number of ether oxygens (including phenoxy) is 1. The monoisotopic (exact) mass is 269 g/mol. The molecule has 0 aliphatic heterocycles. The zero-order valence-electron chi connectivity index (χ0n) is 9.10. The molecule has 2 rings (SSSR count). The predicted molar refractivity (Wildman–Crippen MR) is 68.9 cm³/mol. The molecular weight excluding hydrogens is 258 g/mol. The molecule has 0 atom stereocenters. The van der Waals surface area contributed by atoms with Crippen molar-refractivity contribution in [2.24, 2.45) is 5.73 Å². The lowest BCUT2D eigenvalue weighted by atomic mass is 10.4. The Labute approximate surface area is 106 Å². The predicted octanol–water partition coefficient (Wildman–Crippen LogP) is 2.19. The molecule has 0 aliphatic rings. The molecule has 90 valence electrons. The van der Waals surface area contributed by atoms with Gasteiger partial charge in [-0.25, -0.2) is 9.78 Å². The summed E-state index contributed by atoms with van der Waals surface area (Å²) in [5.41, 5.74) is 7.01. The van der Waals surface area contributed by atoms with E-state index in [1.807, 2.05) is 16.8 Å². The zero-order valence-corrected chi connectivity index (χ0v) is 10.7. The van der Waals surface area contributed by atoms with E-state index in [4.69, 9.17) is 10.5 Å². The Hall–Kier alpha value is -1.44. The Kier molecular flexibility index (Phi) is 3.72. The molecule has 2 aromatic heterocycles. The number of nitrogens with zero attached hydrogens (tertiary/aromatic N) is 1. The Morgan fingerprint density at radius 1 is 1.59 bits per heavy atom. The molecule has 5 nitrogen and oxygen atoms in total. The summed E-state index contributed by atoms with van der Waals surface area (Å²) < 4.78 is 4.69. The van der Waals surface area contributed by atoms with Gasteiger partial charge in [0.1, 0.15) is 4.88 Å². The Morgan fingerprint density at radius 2 is 2.41 bits per heavy atom. The number of aromatic nitrogens is 1. The van der Waals surface area contributed by atoms with Crippen molar-refractivity contribution in [3.63, 3.8) is 0 Å². The molecule has 0 bridgehead atoms. The summed E-state index contributed by atoms with van der Waals surface area (Å²) in [6.45, 7) is 0.408. The fourth-order valence-electron chi connectivity index (χ4n) is 1.23. The number of hydrogen-bond acceptors (Lipinski definition) is 7. The van der Waals surface area contributed by atoms with Crippen LogP contribution < -0.4 is 11.1 Å². The van der Waals surface area contributed by atoms with Crippen molar-refractivity contribution in [3.05, 3.63) is 27.4 Å². The van der Waals surface area contributed by atoms with Crippen LogP contribution in [0.2, 0.25) is 0 Å². The quantitative estimate of drug-likeness (QED) is 0.832. The van der Waals surface area contributed by atoms with Crippen molar-refractivity contribution < 1.29 is 9.53 Å². The van der Waals surface area contributed by atoms with Crippen LogP contribution in [0.5, 0.6) is 0 Å². The van der Waals surface area contributed by atoms with Crippen LogP contribution in [0.15, 0.2) is 16.8 Å². The van der Waals surface area contributed by atoms with Gasteiger partial charge in [-0.15, -0.1) is 22.7 Å². The highest BCUT2D eigenvalue weighted by atomic mass is 32.1. The highest BCUT2D eigenvalue weighted by Gasteiger charge is 2.14. The van der Waals surface area contributed by atoms with E-state index in [2.05, 4.69) is 10.3 Å². The average Bonchev–Trinajstić information content (AvgIpc) is 2.97. The molecule has 0 saturated carbocycles. The van der Waals surface area contributed by atoms with Gasteiger partial charge in [0.2, 0.25) is 0 Å². The molecular formula is C10H11N3O2S2. The lowest BCUT2D eigenvalue weighted by Crippen LogP contribution is -2.02. The Morgan fingerprint density at radius 3 is 3.06 bits per heavy atom. The second-order valence-corrected chi connectivity index (χ2v) is 4.90. The maximum absolute atomic E-state index is 11.5. The van der Waals surface area contributed by atoms with Gasteiger partial charge in [0.05, 0.1) is 18.5 Å². The third kappa shape index (κ3) is 2.63. The van der Waals surface area contributed by atoms with Crippen molar-refractivity contribution in [1.82, 2.24) is 4.98 Å². The van der Waals surface area contributed by atoms with Gasteiger partial charge in [-0.05, 0) is 11.4 Å². The van der Waals surface area contributed by atoms with E-state index >= 15 is 0 Å². The number of carbonyl (C=O) groups is 1. The van der Waals surface area contributed by atoms with E-state index in [0.29, 0.717) is 22.2 Å². The van der Waals surface area contributed by atoms with Crippen molar-refractivity contribution >= 4 is 39.5 Å². The number of carbonyl (C=O) groups excluding carboxylic acids is 1. The first-order valence-electron chi connectivity index (χ1n) is 4.82. The molecule has 0 radical (unpaired) electrons. The molecule has 0 spiro atoms. The van der Waals surface area contributed by atoms with Crippen LogP contribution >= 0.6 is 22.7 Å². The summed E-state index contributed by atoms with van der Waals surface area (Å²) in [6.07, 6.45) is 0. The van der Waals surface area contributed by atoms with Gasteiger partial charge in [0.15, 0.2) is 5.13 Å². The summed E-state index contributed by atoms with van der Waals surface area (Å²) in [7, 11) is 1.36. The van der Waals surface area contributed by atoms with Crippen LogP contribution in [0.4, 0.5) is 10.8 Å². The molecule has 0 unspecified atom stereocenters. The maximum atomic E-state index is 11.5. The van der Waals surface area contributed by atoms with E-state index < -0.39 is 0 Å². The number of rotatable bonds is 4. The number of anilines is 2. The van der Waals surface area contributed by atoms with Crippen LogP contribution in [0.3, 0.4) is 0 Å². The minimum Gasteiger partial charge on any atom is -0.465 e. The van der Waals surface area contributed by atoms with Crippen LogP contribution in [0.1, 0.15) is 15.4 Å². The van der Waals surface area contributed by atoms with E-state index in [-0.39, 0.29) is 5.97 Å². The summed E-state index contributed by atoms with van der Waals surface area (Å²) in [5.74, 6) is -0.349. The van der Waals surface area contributed by atoms with Crippen LogP contribution in [0.25, 0.3) is 0 Å². The summed E-state index contributed by atoms with van der Waals surface area (Å²) in [4.78, 5) is 16.3. The minimum atomic E-state index is -0.349. The second-order valence-electron chi connectivity index (χ2n) is 3.13. The van der Waals surface area contributed by atoms with Gasteiger partial charge in [0, 0.05) is 11.9 Å². The van der Waals surface area contributed by atoms with Crippen molar-refractivity contribution in [3.8, 4) is 0 Å². The minimum absolute atomic E-state index is 0.349. The molecule has 7 heteroatoms. The normalized spacial score (nSPS) is 10.2. The molecule has 0 aliphatic carbocycles. The zero-order chi connectivity index (χ0) is 12.3. The van der Waals surface area contributed by atoms with Gasteiger partial charge in [-0.3, -0.25) is 0 Å². The number of nitrogens with one attached hydrogen (secondary N) is 1. The largest absolute Gasteiger partial charge is 0.465 e. The van der Waals surface area contributed by atoms with Gasteiger partial charge < -0.3 is 15.8 Å². The molecule has 0 aromatic carbocycles. The maximum Gasteiger partial charge on any atom is 0.350 e. The molecule has 17 heavy (non-hydrogen) atoms. The third-order valence-corrected chi connectivity index (χ3v) is 3.74. The molecule has 0 fully saturated rings. The third-order valence-electron chi connectivity index (χ3n) is 2.04. The van der Waals surface area contributed by atoms with E-state index in [1.165, 1.54) is 29.8 Å². The molecule has 2 heterocycles. The second kappa shape index (κ2) is 5.26. The Balaban J connectivity index is 2.18. The Bertz CT molecular complexity index is 521. The summed E-state index contributed by atoms with van der Waals surface area (Å²) in [5, 5.41) is 7.51. The fraction of sp³-hybridized carbons (Fsp3) is 0.200. The standard InChI is InChI=1S/C10H11N3O2S2/c1-15-9(14)8-7(2-3-16-8)13-10-12-6(4-11)5-17-10/h2-3,5H,4,11H2,1H3,(H,12,13). The number of thiophene rings is 1. The molecule has 2 aromatic rings. The SMILES string of the molecule is COC(=O)c1sccc1Nc1nc(CN)cs1. The fourth-order valence-corrected chi connectivity index (χ4v) is 2.73. The molecule has 0 amide bonds. The first-order chi connectivity index (χ1) is 8.24. The number of methoxy groups -OCH3 is 1. The van der Waals surface area contributed by atoms with E-state index in [9.17, 15) is 4.79 Å². The smallest absolute Gasteiger partial charge is 0.350 e. The lowest BCUT2D eigenvalue weighted by Gasteiger charge is -2.02. The molecule has 0 saturated heterocycles. The number of esters is 1. The number of nitrogens with two attached hydrogens (primary N) is 1. The summed E-state index contributed by atoms with van der Waals surface area (Å²) in [6, 6.07) is 1.82. The van der Waals surface area contributed by atoms with Crippen LogP contribution in [-0.4, -0.2) is 18.1 Å². The average molecular weight is 269 g/mol. The molecule has 3 N–H and O–H groups in total. The van der Waals surface area contributed by atoms with Crippen LogP contribution in [0, 0.1) is 0 Å². The van der Waals surface area contributed by atoms with Gasteiger partial charge >= 0.3 is 5.97 Å². The van der Waals surface area contributed by atoms with Crippen molar-refractivity contribution in [2.75, 3.05) is 12.4 Å². The van der Waals surface area contributed by atoms with Crippen molar-refractivity contribution in [2.45, 2.75) is 6.54 Å². The van der Waals surface area contributed by atoms with E-state index in [1.54, 1.807) is 0 Å². The lowest BCUT2D eigenvalue weighted by molar-refractivity contribution is 0.0607. The first-order valence-corrected chi connectivity index (χ1v) is 6.58. The topological polar surface area (TPSA) is 77.2 Å². The number of hydrogen-bond donors (Lipinski definition) is 2. The highest BCUT2D eigenvalue weighted by molar-refractivity contribution is 7.14.